The smallest absolute Gasteiger partial charge is 0.173 e. The average Bonchev–Trinajstić information content (AvgIpc) is 3.07. The van der Waals surface area contributed by atoms with Crippen molar-refractivity contribution in [2.75, 3.05) is 5.32 Å². The van der Waals surface area contributed by atoms with Gasteiger partial charge in [-0.1, -0.05) is 0 Å². The highest BCUT2D eigenvalue weighted by Crippen LogP contribution is 2.20. The molecule has 1 N–H and O–H groups in total. The van der Waals surface area contributed by atoms with Crippen LogP contribution in [0.15, 0.2) is 55.1 Å². The van der Waals surface area contributed by atoms with E-state index < -0.39 is 0 Å². The van der Waals surface area contributed by atoms with Crippen molar-refractivity contribution in [1.29, 1.82) is 5.26 Å². The monoisotopic (exact) mass is 438 g/mol. The Labute approximate surface area is 157 Å². The van der Waals surface area contributed by atoms with Gasteiger partial charge in [0.1, 0.15) is 11.6 Å². The third kappa shape index (κ3) is 2.92. The van der Waals surface area contributed by atoms with E-state index in [1.165, 1.54) is 9.77 Å². The molecule has 0 unspecified atom stereocenters. The Morgan fingerprint density at radius 3 is 2.76 bits per heavy atom. The topological polar surface area (TPSA) is 78.9 Å². The lowest BCUT2D eigenvalue weighted by molar-refractivity contribution is 0.981. The fourth-order valence-electron chi connectivity index (χ4n) is 2.54. The van der Waals surface area contributed by atoms with Crippen LogP contribution in [0, 0.1) is 14.9 Å². The molecule has 4 aromatic rings. The van der Waals surface area contributed by atoms with Gasteiger partial charge in [0.25, 0.3) is 0 Å². The molecule has 0 saturated heterocycles. The van der Waals surface area contributed by atoms with E-state index in [1.54, 1.807) is 16.9 Å². The molecule has 0 radical (unpaired) electrons. The highest BCUT2D eigenvalue weighted by molar-refractivity contribution is 14.1. The summed E-state index contributed by atoms with van der Waals surface area (Å²) in [5.41, 5.74) is 3.64. The molecule has 0 fully saturated rings. The van der Waals surface area contributed by atoms with Gasteiger partial charge in [0.05, 0.1) is 17.4 Å². The van der Waals surface area contributed by atoms with Crippen LogP contribution in [-0.4, -0.2) is 19.6 Å². The molecule has 25 heavy (non-hydrogen) atoms. The highest BCUT2D eigenvalue weighted by atomic mass is 127. The van der Waals surface area contributed by atoms with Gasteiger partial charge < -0.3 is 5.32 Å². The largest absolute Gasteiger partial charge is 0.362 e. The van der Waals surface area contributed by atoms with Crippen molar-refractivity contribution in [1.82, 2.24) is 19.6 Å². The van der Waals surface area contributed by atoms with Gasteiger partial charge in [-0.2, -0.15) is 10.4 Å². The van der Waals surface area contributed by atoms with Crippen LogP contribution >= 0.6 is 22.6 Å². The SMILES string of the molecule is N#Cc1cnn2c1ncc1c(/C=C/Nc3ccc(I)cc3)nccc12. The Morgan fingerprint density at radius 2 is 1.96 bits per heavy atom. The summed E-state index contributed by atoms with van der Waals surface area (Å²) >= 11 is 2.27. The van der Waals surface area contributed by atoms with Crippen molar-refractivity contribution < 1.29 is 0 Å². The Kier molecular flexibility index (Phi) is 4.03. The first-order valence-corrected chi connectivity index (χ1v) is 8.54. The maximum absolute atomic E-state index is 9.12. The summed E-state index contributed by atoms with van der Waals surface area (Å²) in [6.07, 6.45) is 8.71. The van der Waals surface area contributed by atoms with E-state index >= 15 is 0 Å². The normalized spacial score (nSPS) is 11.2. The number of pyridine rings is 1. The fourth-order valence-corrected chi connectivity index (χ4v) is 2.90. The number of nitriles is 1. The maximum Gasteiger partial charge on any atom is 0.173 e. The van der Waals surface area contributed by atoms with E-state index in [0.29, 0.717) is 11.2 Å². The lowest BCUT2D eigenvalue weighted by Gasteiger charge is -2.04. The summed E-state index contributed by atoms with van der Waals surface area (Å²) in [6.45, 7) is 0. The van der Waals surface area contributed by atoms with Crippen LogP contribution in [-0.2, 0) is 0 Å². The molecule has 0 aliphatic carbocycles. The maximum atomic E-state index is 9.12. The number of hydrogen-bond acceptors (Lipinski definition) is 5. The lowest BCUT2D eigenvalue weighted by atomic mass is 10.2. The van der Waals surface area contributed by atoms with Gasteiger partial charge in [0.2, 0.25) is 0 Å². The van der Waals surface area contributed by atoms with Crippen molar-refractivity contribution in [2.45, 2.75) is 0 Å². The standard InChI is InChI=1S/C18H11IN6/c19-13-1-3-14(4-2-13)21-7-5-16-15-11-23-18-12(9-20)10-24-25(18)17(15)6-8-22-16/h1-8,10-11,21H/b7-5+. The van der Waals surface area contributed by atoms with E-state index in [9.17, 15) is 0 Å². The number of halogens is 1. The Bertz CT molecular complexity index is 1140. The zero-order chi connectivity index (χ0) is 17.2. The molecule has 120 valence electrons. The summed E-state index contributed by atoms with van der Waals surface area (Å²) in [5.74, 6) is 0. The molecule has 6 nitrogen and oxygen atoms in total. The zero-order valence-corrected chi connectivity index (χ0v) is 15.0. The molecule has 0 spiro atoms. The van der Waals surface area contributed by atoms with Crippen molar-refractivity contribution in [3.8, 4) is 6.07 Å². The molecule has 0 atom stereocenters. The second kappa shape index (κ2) is 6.49. The molecule has 0 aliphatic rings. The summed E-state index contributed by atoms with van der Waals surface area (Å²) in [7, 11) is 0. The van der Waals surface area contributed by atoms with E-state index in [4.69, 9.17) is 5.26 Å². The third-order valence-corrected chi connectivity index (χ3v) is 4.46. The minimum atomic E-state index is 0.455. The van der Waals surface area contributed by atoms with Crippen LogP contribution in [0.5, 0.6) is 0 Å². The molecular formula is C18H11IN6. The van der Waals surface area contributed by atoms with Crippen LogP contribution < -0.4 is 5.32 Å². The van der Waals surface area contributed by atoms with E-state index in [0.717, 1.165) is 22.3 Å². The van der Waals surface area contributed by atoms with Crippen molar-refractivity contribution in [2.24, 2.45) is 0 Å². The lowest BCUT2D eigenvalue weighted by Crippen LogP contribution is -1.96. The van der Waals surface area contributed by atoms with Crippen LogP contribution in [0.4, 0.5) is 5.69 Å². The third-order valence-electron chi connectivity index (χ3n) is 3.74. The van der Waals surface area contributed by atoms with Crippen LogP contribution in [0.2, 0.25) is 0 Å². The first-order valence-electron chi connectivity index (χ1n) is 7.46. The van der Waals surface area contributed by atoms with Crippen LogP contribution in [0.1, 0.15) is 11.3 Å². The Morgan fingerprint density at radius 1 is 1.12 bits per heavy atom. The summed E-state index contributed by atoms with van der Waals surface area (Å²) < 4.78 is 2.85. The molecule has 0 aliphatic heterocycles. The number of fused-ring (bicyclic) bond motifs is 3. The van der Waals surface area contributed by atoms with Crippen LogP contribution in [0.3, 0.4) is 0 Å². The van der Waals surface area contributed by atoms with E-state index in [-0.39, 0.29) is 0 Å². The molecule has 3 heterocycles. The summed E-state index contributed by atoms with van der Waals surface area (Å²) in [6, 6.07) is 12.1. The number of rotatable bonds is 3. The van der Waals surface area contributed by atoms with Crippen molar-refractivity contribution in [3.05, 3.63) is 69.9 Å². The van der Waals surface area contributed by atoms with Gasteiger partial charge in [-0.15, -0.1) is 0 Å². The molecule has 4 rings (SSSR count). The summed E-state index contributed by atoms with van der Waals surface area (Å²) in [5, 5.41) is 17.5. The average molecular weight is 438 g/mol. The van der Waals surface area contributed by atoms with Gasteiger partial charge in [-0.25, -0.2) is 9.50 Å². The number of nitrogens with one attached hydrogen (secondary N) is 1. The number of nitrogens with zero attached hydrogens (tertiary/aromatic N) is 5. The number of benzene rings is 1. The Balaban J connectivity index is 1.71. The van der Waals surface area contributed by atoms with Gasteiger partial charge in [-0.05, 0) is 59.0 Å². The minimum Gasteiger partial charge on any atom is -0.362 e. The molecule has 7 heteroatoms. The van der Waals surface area contributed by atoms with Crippen molar-refractivity contribution >= 4 is 50.9 Å². The second-order valence-corrected chi connectivity index (χ2v) is 6.52. The molecular weight excluding hydrogens is 427 g/mol. The molecule has 0 saturated carbocycles. The molecule has 0 amide bonds. The molecule has 0 bridgehead atoms. The molecule has 3 aromatic heterocycles. The van der Waals surface area contributed by atoms with Crippen molar-refractivity contribution in [3.63, 3.8) is 0 Å². The number of anilines is 1. The van der Waals surface area contributed by atoms with E-state index in [2.05, 4.69) is 49.0 Å². The predicted molar refractivity (Wildman–Crippen MR) is 105 cm³/mol. The summed E-state index contributed by atoms with van der Waals surface area (Å²) in [4.78, 5) is 8.77. The highest BCUT2D eigenvalue weighted by Gasteiger charge is 2.09. The predicted octanol–water partition coefficient (Wildman–Crippen LogP) is 3.84. The van der Waals surface area contributed by atoms with Gasteiger partial charge in [0, 0.05) is 33.2 Å². The van der Waals surface area contributed by atoms with Gasteiger partial charge >= 0.3 is 0 Å². The van der Waals surface area contributed by atoms with E-state index in [1.807, 2.05) is 42.6 Å². The minimum absolute atomic E-state index is 0.455. The second-order valence-electron chi connectivity index (χ2n) is 5.28. The van der Waals surface area contributed by atoms with Crippen LogP contribution in [0.25, 0.3) is 22.6 Å². The zero-order valence-electron chi connectivity index (χ0n) is 12.9. The number of aromatic nitrogens is 4. The quantitative estimate of drug-likeness (QED) is 0.492. The first kappa shape index (κ1) is 15.5. The number of hydrogen-bond donors (Lipinski definition) is 1. The fraction of sp³-hybridized carbons (Fsp3) is 0. The van der Waals surface area contributed by atoms with Gasteiger partial charge in [-0.3, -0.25) is 4.98 Å². The molecule has 1 aromatic carbocycles. The Hall–Kier alpha value is -2.99. The van der Waals surface area contributed by atoms with Gasteiger partial charge in [0.15, 0.2) is 5.65 Å². The first-order chi connectivity index (χ1) is 12.3.